The Morgan fingerprint density at radius 2 is 2.39 bits per heavy atom. The van der Waals surface area contributed by atoms with Gasteiger partial charge in [0.25, 0.3) is 0 Å². The van der Waals surface area contributed by atoms with Crippen molar-refractivity contribution in [1.82, 2.24) is 15.6 Å². The van der Waals surface area contributed by atoms with Crippen LogP contribution < -0.4 is 10.6 Å². The molecule has 4 nitrogen and oxygen atoms in total. The summed E-state index contributed by atoms with van der Waals surface area (Å²) >= 11 is 1.73. The fourth-order valence-electron chi connectivity index (χ4n) is 2.27. The van der Waals surface area contributed by atoms with Gasteiger partial charge in [0, 0.05) is 29.6 Å². The van der Waals surface area contributed by atoms with Crippen molar-refractivity contribution in [2.75, 3.05) is 26.3 Å². The Morgan fingerprint density at radius 3 is 3.06 bits per heavy atom. The van der Waals surface area contributed by atoms with Gasteiger partial charge in [-0.25, -0.2) is 4.98 Å². The van der Waals surface area contributed by atoms with E-state index in [1.165, 1.54) is 5.01 Å². The van der Waals surface area contributed by atoms with E-state index in [0.29, 0.717) is 18.0 Å². The predicted molar refractivity (Wildman–Crippen MR) is 75.0 cm³/mol. The van der Waals surface area contributed by atoms with Gasteiger partial charge in [0.2, 0.25) is 0 Å². The molecule has 1 fully saturated rings. The normalized spacial score (nSPS) is 25.5. The molecule has 3 atom stereocenters. The summed E-state index contributed by atoms with van der Waals surface area (Å²) in [6.45, 7) is 10.0. The molecule has 0 spiro atoms. The van der Waals surface area contributed by atoms with Gasteiger partial charge in [0.05, 0.1) is 19.3 Å². The lowest BCUT2D eigenvalue weighted by Crippen LogP contribution is -2.40. The van der Waals surface area contributed by atoms with Crippen LogP contribution in [0.25, 0.3) is 0 Å². The summed E-state index contributed by atoms with van der Waals surface area (Å²) in [5.74, 6) is 0.563. The first-order valence-corrected chi connectivity index (χ1v) is 7.55. The van der Waals surface area contributed by atoms with Crippen LogP contribution in [-0.2, 0) is 4.74 Å². The Bertz CT molecular complexity index is 369. The maximum atomic E-state index is 5.55. The highest BCUT2D eigenvalue weighted by atomic mass is 32.1. The zero-order chi connectivity index (χ0) is 13.0. The highest BCUT2D eigenvalue weighted by molar-refractivity contribution is 7.09. The third-order valence-electron chi connectivity index (χ3n) is 3.36. The minimum Gasteiger partial charge on any atom is -0.379 e. The van der Waals surface area contributed by atoms with Crippen LogP contribution >= 0.6 is 11.3 Å². The number of nitrogens with zero attached hydrogens (tertiary/aromatic N) is 1. The highest BCUT2D eigenvalue weighted by Gasteiger charge is 2.27. The summed E-state index contributed by atoms with van der Waals surface area (Å²) < 4.78 is 5.55. The van der Waals surface area contributed by atoms with E-state index in [-0.39, 0.29) is 0 Å². The van der Waals surface area contributed by atoms with Crippen molar-refractivity contribution in [2.24, 2.45) is 5.92 Å². The molecular formula is C13H23N3OS. The lowest BCUT2D eigenvalue weighted by atomic mass is 10.0. The van der Waals surface area contributed by atoms with Gasteiger partial charge in [0.1, 0.15) is 5.01 Å². The van der Waals surface area contributed by atoms with Crippen molar-refractivity contribution in [1.29, 1.82) is 0 Å². The van der Waals surface area contributed by atoms with Gasteiger partial charge in [-0.2, -0.15) is 0 Å². The second-order valence-electron chi connectivity index (χ2n) is 4.92. The Balaban J connectivity index is 1.80. The largest absolute Gasteiger partial charge is 0.379 e. The Labute approximate surface area is 113 Å². The van der Waals surface area contributed by atoms with Crippen LogP contribution in [-0.4, -0.2) is 37.3 Å². The lowest BCUT2D eigenvalue weighted by molar-refractivity contribution is 0.182. The maximum Gasteiger partial charge on any atom is 0.110 e. The van der Waals surface area contributed by atoms with E-state index in [1.54, 1.807) is 11.3 Å². The minimum atomic E-state index is 0.326. The zero-order valence-electron chi connectivity index (χ0n) is 11.4. The summed E-state index contributed by atoms with van der Waals surface area (Å²) in [6, 6.07) is 0.819. The van der Waals surface area contributed by atoms with Gasteiger partial charge < -0.3 is 15.4 Å². The van der Waals surface area contributed by atoms with Gasteiger partial charge in [-0.3, -0.25) is 0 Å². The van der Waals surface area contributed by atoms with Crippen molar-refractivity contribution < 1.29 is 4.74 Å². The van der Waals surface area contributed by atoms with Crippen molar-refractivity contribution in [3.05, 3.63) is 16.1 Å². The minimum absolute atomic E-state index is 0.326. The van der Waals surface area contributed by atoms with Crippen LogP contribution in [0.4, 0.5) is 0 Å². The number of hydrogen-bond acceptors (Lipinski definition) is 5. The van der Waals surface area contributed by atoms with Crippen molar-refractivity contribution in [3.8, 4) is 0 Å². The molecule has 0 amide bonds. The van der Waals surface area contributed by atoms with Crippen LogP contribution in [0.2, 0.25) is 0 Å². The second-order valence-corrected chi connectivity index (χ2v) is 5.81. The molecule has 0 saturated carbocycles. The zero-order valence-corrected chi connectivity index (χ0v) is 12.2. The molecule has 0 bridgehead atoms. The number of nitrogens with one attached hydrogen (secondary N) is 2. The molecule has 2 rings (SSSR count). The van der Waals surface area contributed by atoms with E-state index in [9.17, 15) is 0 Å². The lowest BCUT2D eigenvalue weighted by Gasteiger charge is -2.20. The van der Waals surface area contributed by atoms with Gasteiger partial charge in [-0.1, -0.05) is 6.92 Å². The van der Waals surface area contributed by atoms with E-state index < -0.39 is 0 Å². The third kappa shape index (κ3) is 3.51. The molecule has 18 heavy (non-hydrogen) atoms. The molecule has 1 aromatic heterocycles. The molecule has 0 aliphatic carbocycles. The van der Waals surface area contributed by atoms with E-state index in [2.05, 4.69) is 34.8 Å². The third-order valence-corrected chi connectivity index (χ3v) is 4.50. The van der Waals surface area contributed by atoms with E-state index in [0.717, 1.165) is 32.0 Å². The molecule has 0 aromatic carbocycles. The van der Waals surface area contributed by atoms with Crippen LogP contribution in [0, 0.1) is 12.8 Å². The number of thiazole rings is 1. The number of aryl methyl sites for hydroxylation is 1. The molecule has 102 valence electrons. The molecule has 0 radical (unpaired) electrons. The number of rotatable bonds is 6. The summed E-state index contributed by atoms with van der Waals surface area (Å²) in [7, 11) is 0. The predicted octanol–water partition coefficient (Wildman–Crippen LogP) is 1.73. The van der Waals surface area contributed by atoms with E-state index in [1.807, 2.05) is 6.92 Å². The summed E-state index contributed by atoms with van der Waals surface area (Å²) in [6.07, 6.45) is 0. The first kappa shape index (κ1) is 13.9. The summed E-state index contributed by atoms with van der Waals surface area (Å²) in [5.41, 5.74) is 1.11. The smallest absolute Gasteiger partial charge is 0.110 e. The number of likely N-dealkylation sites (N-methyl/N-ethyl adjacent to an activating group) is 1. The van der Waals surface area contributed by atoms with Crippen molar-refractivity contribution in [3.63, 3.8) is 0 Å². The maximum absolute atomic E-state index is 5.55. The highest BCUT2D eigenvalue weighted by Crippen LogP contribution is 2.19. The van der Waals surface area contributed by atoms with Crippen LogP contribution in [0.15, 0.2) is 5.38 Å². The molecule has 1 aromatic rings. The van der Waals surface area contributed by atoms with E-state index >= 15 is 0 Å². The second kappa shape index (κ2) is 6.61. The first-order chi connectivity index (χ1) is 8.70. The van der Waals surface area contributed by atoms with Gasteiger partial charge in [-0.15, -0.1) is 11.3 Å². The number of aromatic nitrogens is 1. The Kier molecular flexibility index (Phi) is 5.12. The molecule has 1 saturated heterocycles. The standard InChI is InChI=1S/C13H23N3OS/c1-4-14-12-7-17-6-11(12)5-15-10(3)13-16-9(2)8-18-13/h8,10-12,14-15H,4-7H2,1-3H3. The van der Waals surface area contributed by atoms with E-state index in [4.69, 9.17) is 4.74 Å². The van der Waals surface area contributed by atoms with Gasteiger partial charge in [0.15, 0.2) is 0 Å². The van der Waals surface area contributed by atoms with Gasteiger partial charge in [-0.05, 0) is 20.4 Å². The molecule has 3 unspecified atom stereocenters. The molecule has 1 aliphatic rings. The first-order valence-electron chi connectivity index (χ1n) is 6.67. The molecular weight excluding hydrogens is 246 g/mol. The van der Waals surface area contributed by atoms with Crippen molar-refractivity contribution >= 4 is 11.3 Å². The van der Waals surface area contributed by atoms with Crippen LogP contribution in [0.3, 0.4) is 0 Å². The fraction of sp³-hybridized carbons (Fsp3) is 0.769. The monoisotopic (exact) mass is 269 g/mol. The topological polar surface area (TPSA) is 46.2 Å². The molecule has 2 N–H and O–H groups in total. The quantitative estimate of drug-likeness (QED) is 0.825. The summed E-state index contributed by atoms with van der Waals surface area (Å²) in [4.78, 5) is 4.52. The summed E-state index contributed by atoms with van der Waals surface area (Å²) in [5, 5.41) is 10.3. The average molecular weight is 269 g/mol. The number of hydrogen-bond donors (Lipinski definition) is 2. The molecule has 5 heteroatoms. The molecule has 1 aliphatic heterocycles. The molecule has 2 heterocycles. The SMILES string of the molecule is CCNC1COCC1CNC(C)c1nc(C)cs1. The number of ether oxygens (including phenoxy) is 1. The Hall–Kier alpha value is -0.490. The van der Waals surface area contributed by atoms with Crippen LogP contribution in [0.1, 0.15) is 30.6 Å². The van der Waals surface area contributed by atoms with Gasteiger partial charge >= 0.3 is 0 Å². The Morgan fingerprint density at radius 1 is 1.56 bits per heavy atom. The average Bonchev–Trinajstić information content (AvgIpc) is 2.96. The van der Waals surface area contributed by atoms with Crippen molar-refractivity contribution in [2.45, 2.75) is 32.9 Å². The fourth-order valence-corrected chi connectivity index (χ4v) is 3.10. The van der Waals surface area contributed by atoms with Crippen LogP contribution in [0.5, 0.6) is 0 Å².